The minimum Gasteiger partial charge on any atom is -0.330 e. The van der Waals surface area contributed by atoms with Crippen LogP contribution in [0.3, 0.4) is 0 Å². The van der Waals surface area contributed by atoms with E-state index in [9.17, 15) is 4.39 Å². The molecular formula is C17H18FN3. The Morgan fingerprint density at radius 3 is 2.71 bits per heavy atom. The average Bonchev–Trinajstić information content (AvgIpc) is 2.83. The second kappa shape index (κ2) is 5.30. The molecule has 0 saturated carbocycles. The Bertz CT molecular complexity index is 805. The minimum atomic E-state index is -0.195. The lowest BCUT2D eigenvalue weighted by Crippen LogP contribution is -2.06. The van der Waals surface area contributed by atoms with Crippen LogP contribution in [0.1, 0.15) is 16.8 Å². The van der Waals surface area contributed by atoms with Crippen molar-refractivity contribution >= 4 is 5.65 Å². The number of fused-ring (bicyclic) bond motifs is 1. The summed E-state index contributed by atoms with van der Waals surface area (Å²) in [6.45, 7) is 4.35. The highest BCUT2D eigenvalue weighted by Gasteiger charge is 2.15. The van der Waals surface area contributed by atoms with Gasteiger partial charge in [0.25, 0.3) is 0 Å². The fraction of sp³-hybridized carbons (Fsp3) is 0.235. The number of imidazole rings is 1. The van der Waals surface area contributed by atoms with Crippen LogP contribution in [0, 0.1) is 19.7 Å². The quantitative estimate of drug-likeness (QED) is 0.801. The van der Waals surface area contributed by atoms with E-state index in [1.54, 1.807) is 13.0 Å². The molecule has 1 aromatic carbocycles. The van der Waals surface area contributed by atoms with E-state index in [4.69, 9.17) is 10.7 Å². The van der Waals surface area contributed by atoms with Crippen LogP contribution in [0.25, 0.3) is 16.9 Å². The largest absolute Gasteiger partial charge is 0.330 e. The Morgan fingerprint density at radius 2 is 2.00 bits per heavy atom. The van der Waals surface area contributed by atoms with E-state index in [0.717, 1.165) is 34.6 Å². The fourth-order valence-corrected chi connectivity index (χ4v) is 2.65. The lowest BCUT2D eigenvalue weighted by molar-refractivity contribution is 0.618. The number of nitrogens with two attached hydrogens (primary N) is 1. The lowest BCUT2D eigenvalue weighted by Gasteiger charge is -2.05. The standard InChI is InChI=1S/C17H18FN3/c1-11-4-3-9-21-15(7-8-19)16(20-17(11)21)13-5-6-14(18)12(2)10-13/h3-6,9-10H,7-8,19H2,1-2H3. The van der Waals surface area contributed by atoms with Gasteiger partial charge in [-0.1, -0.05) is 6.07 Å². The maximum absolute atomic E-state index is 13.5. The molecule has 0 unspecified atom stereocenters. The SMILES string of the molecule is Cc1cc(-c2nc3c(C)cccn3c2CCN)ccc1F. The predicted molar refractivity (Wildman–Crippen MR) is 82.8 cm³/mol. The third kappa shape index (κ3) is 2.32. The Balaban J connectivity index is 2.27. The number of rotatable bonds is 3. The van der Waals surface area contributed by atoms with Gasteiger partial charge in [0.1, 0.15) is 11.5 Å². The fourth-order valence-electron chi connectivity index (χ4n) is 2.65. The van der Waals surface area contributed by atoms with Crippen LogP contribution in [0.15, 0.2) is 36.5 Å². The molecule has 0 radical (unpaired) electrons. The molecule has 0 bridgehead atoms. The summed E-state index contributed by atoms with van der Waals surface area (Å²) in [6, 6.07) is 9.15. The van der Waals surface area contributed by atoms with Gasteiger partial charge in [-0.2, -0.15) is 0 Å². The van der Waals surface area contributed by atoms with Gasteiger partial charge in [-0.25, -0.2) is 9.37 Å². The van der Waals surface area contributed by atoms with Crippen LogP contribution in [0.5, 0.6) is 0 Å². The van der Waals surface area contributed by atoms with Crippen molar-refractivity contribution in [2.24, 2.45) is 5.73 Å². The maximum Gasteiger partial charge on any atom is 0.140 e. The van der Waals surface area contributed by atoms with Crippen molar-refractivity contribution in [2.75, 3.05) is 6.54 Å². The molecule has 21 heavy (non-hydrogen) atoms. The van der Waals surface area contributed by atoms with Gasteiger partial charge in [-0.3, -0.25) is 0 Å². The van der Waals surface area contributed by atoms with Gasteiger partial charge in [0.2, 0.25) is 0 Å². The first-order chi connectivity index (χ1) is 10.1. The van der Waals surface area contributed by atoms with E-state index in [-0.39, 0.29) is 5.82 Å². The number of hydrogen-bond donors (Lipinski definition) is 1. The first kappa shape index (κ1) is 13.8. The van der Waals surface area contributed by atoms with Gasteiger partial charge in [0.05, 0.1) is 11.4 Å². The highest BCUT2D eigenvalue weighted by atomic mass is 19.1. The maximum atomic E-state index is 13.5. The monoisotopic (exact) mass is 283 g/mol. The van der Waals surface area contributed by atoms with E-state index in [0.29, 0.717) is 12.1 Å². The molecule has 108 valence electrons. The van der Waals surface area contributed by atoms with E-state index < -0.39 is 0 Å². The molecule has 3 aromatic rings. The summed E-state index contributed by atoms with van der Waals surface area (Å²) in [6.07, 6.45) is 2.73. The van der Waals surface area contributed by atoms with Crippen molar-refractivity contribution in [3.8, 4) is 11.3 Å². The van der Waals surface area contributed by atoms with Gasteiger partial charge in [0, 0.05) is 18.2 Å². The highest BCUT2D eigenvalue weighted by Crippen LogP contribution is 2.27. The molecule has 0 aliphatic carbocycles. The van der Waals surface area contributed by atoms with Crippen molar-refractivity contribution in [3.63, 3.8) is 0 Å². The first-order valence-corrected chi connectivity index (χ1v) is 7.05. The Morgan fingerprint density at radius 1 is 1.19 bits per heavy atom. The highest BCUT2D eigenvalue weighted by molar-refractivity contribution is 5.68. The molecule has 2 aromatic heterocycles. The number of nitrogens with zero attached hydrogens (tertiary/aromatic N) is 2. The van der Waals surface area contributed by atoms with Crippen molar-refractivity contribution in [1.29, 1.82) is 0 Å². The molecule has 0 spiro atoms. The third-order valence-corrected chi connectivity index (χ3v) is 3.76. The number of halogens is 1. The molecular weight excluding hydrogens is 265 g/mol. The molecule has 3 rings (SSSR count). The number of pyridine rings is 1. The lowest BCUT2D eigenvalue weighted by atomic mass is 10.1. The zero-order chi connectivity index (χ0) is 15.0. The summed E-state index contributed by atoms with van der Waals surface area (Å²) in [7, 11) is 0. The number of aromatic nitrogens is 2. The summed E-state index contributed by atoms with van der Waals surface area (Å²) in [5, 5.41) is 0. The van der Waals surface area contributed by atoms with Gasteiger partial charge in [0.15, 0.2) is 0 Å². The molecule has 2 N–H and O–H groups in total. The Kier molecular flexibility index (Phi) is 3.47. The molecule has 4 heteroatoms. The Hall–Kier alpha value is -2.20. The second-order valence-electron chi connectivity index (χ2n) is 5.29. The van der Waals surface area contributed by atoms with Crippen molar-refractivity contribution in [2.45, 2.75) is 20.3 Å². The zero-order valence-electron chi connectivity index (χ0n) is 12.2. The van der Waals surface area contributed by atoms with Gasteiger partial charge in [-0.05, 0) is 55.8 Å². The first-order valence-electron chi connectivity index (χ1n) is 7.05. The number of hydrogen-bond acceptors (Lipinski definition) is 2. The van der Waals surface area contributed by atoms with Crippen LogP contribution < -0.4 is 5.73 Å². The van der Waals surface area contributed by atoms with Gasteiger partial charge in [-0.15, -0.1) is 0 Å². The van der Waals surface area contributed by atoms with Crippen molar-refractivity contribution in [3.05, 3.63) is 59.2 Å². The summed E-state index contributed by atoms with van der Waals surface area (Å²) in [4.78, 5) is 4.76. The second-order valence-corrected chi connectivity index (χ2v) is 5.29. The molecule has 0 saturated heterocycles. The molecule has 2 heterocycles. The number of aryl methyl sites for hydroxylation is 2. The Labute approximate surface area is 123 Å². The van der Waals surface area contributed by atoms with Crippen LogP contribution in [-0.4, -0.2) is 15.9 Å². The van der Waals surface area contributed by atoms with Crippen LogP contribution in [0.4, 0.5) is 4.39 Å². The van der Waals surface area contributed by atoms with Crippen LogP contribution in [0.2, 0.25) is 0 Å². The average molecular weight is 283 g/mol. The summed E-state index contributed by atoms with van der Waals surface area (Å²) in [5.41, 5.74) is 11.3. The van der Waals surface area contributed by atoms with E-state index >= 15 is 0 Å². The van der Waals surface area contributed by atoms with E-state index in [2.05, 4.69) is 4.40 Å². The topological polar surface area (TPSA) is 43.3 Å². The molecule has 0 aliphatic heterocycles. The number of benzene rings is 1. The molecule has 0 amide bonds. The normalized spacial score (nSPS) is 11.2. The van der Waals surface area contributed by atoms with Crippen LogP contribution in [-0.2, 0) is 6.42 Å². The summed E-state index contributed by atoms with van der Waals surface area (Å²) in [5.74, 6) is -0.195. The summed E-state index contributed by atoms with van der Waals surface area (Å²) < 4.78 is 15.6. The van der Waals surface area contributed by atoms with Gasteiger partial charge < -0.3 is 10.1 Å². The zero-order valence-corrected chi connectivity index (χ0v) is 12.2. The smallest absolute Gasteiger partial charge is 0.140 e. The van der Waals surface area contributed by atoms with Crippen molar-refractivity contribution in [1.82, 2.24) is 9.38 Å². The molecule has 0 fully saturated rings. The van der Waals surface area contributed by atoms with E-state index in [1.807, 2.05) is 31.3 Å². The third-order valence-electron chi connectivity index (χ3n) is 3.76. The predicted octanol–water partition coefficient (Wildman–Crippen LogP) is 3.26. The molecule has 0 aliphatic rings. The molecule has 0 atom stereocenters. The molecule has 3 nitrogen and oxygen atoms in total. The van der Waals surface area contributed by atoms with Crippen LogP contribution >= 0.6 is 0 Å². The minimum absolute atomic E-state index is 0.195. The van der Waals surface area contributed by atoms with Crippen molar-refractivity contribution < 1.29 is 4.39 Å². The van der Waals surface area contributed by atoms with E-state index in [1.165, 1.54) is 6.07 Å². The summed E-state index contributed by atoms with van der Waals surface area (Å²) >= 11 is 0. The van der Waals surface area contributed by atoms with Gasteiger partial charge >= 0.3 is 0 Å².